The van der Waals surface area contributed by atoms with Crippen LogP contribution in [0.3, 0.4) is 0 Å². The molecule has 0 fully saturated rings. The van der Waals surface area contributed by atoms with Gasteiger partial charge in [-0.1, -0.05) is 12.1 Å². The van der Waals surface area contributed by atoms with Crippen LogP contribution < -0.4 is 5.32 Å². The molecule has 2 rings (SSSR count). The Labute approximate surface area is 122 Å². The molecular formula is C16H18FNO3. The number of aliphatic hydroxyl groups excluding tert-OH is 1. The third kappa shape index (κ3) is 3.31. The third-order valence-electron chi connectivity index (χ3n) is 3.49. The van der Waals surface area contributed by atoms with Crippen LogP contribution in [0.15, 0.2) is 47.1 Å². The van der Waals surface area contributed by atoms with Gasteiger partial charge < -0.3 is 14.8 Å². The molecule has 0 spiro atoms. The minimum absolute atomic E-state index is 0.279. The van der Waals surface area contributed by atoms with Gasteiger partial charge in [-0.2, -0.15) is 0 Å². The molecule has 0 aliphatic carbocycles. The van der Waals surface area contributed by atoms with Gasteiger partial charge >= 0.3 is 0 Å². The van der Waals surface area contributed by atoms with E-state index in [1.807, 2.05) is 0 Å². The summed E-state index contributed by atoms with van der Waals surface area (Å²) in [5.74, 6) is -0.234. The normalized spacial score (nSPS) is 13.0. The van der Waals surface area contributed by atoms with Gasteiger partial charge in [0.2, 0.25) is 5.91 Å². The number of carbonyl (C=O) groups excluding carboxylic acids is 1. The Balaban J connectivity index is 2.18. The van der Waals surface area contributed by atoms with Crippen molar-refractivity contribution in [3.63, 3.8) is 0 Å². The second kappa shape index (κ2) is 6.10. The molecule has 112 valence electrons. The summed E-state index contributed by atoms with van der Waals surface area (Å²) in [4.78, 5) is 12.5. The van der Waals surface area contributed by atoms with E-state index in [-0.39, 0.29) is 12.5 Å². The summed E-state index contributed by atoms with van der Waals surface area (Å²) >= 11 is 0. The van der Waals surface area contributed by atoms with Crippen molar-refractivity contribution in [2.45, 2.75) is 25.3 Å². The Kier molecular flexibility index (Phi) is 4.43. The van der Waals surface area contributed by atoms with E-state index in [1.54, 1.807) is 38.1 Å². The van der Waals surface area contributed by atoms with Crippen LogP contribution in [0.1, 0.15) is 31.2 Å². The highest BCUT2D eigenvalue weighted by atomic mass is 19.1. The first kappa shape index (κ1) is 15.3. The molecule has 2 aromatic rings. The van der Waals surface area contributed by atoms with E-state index in [0.29, 0.717) is 11.3 Å². The molecule has 0 radical (unpaired) electrons. The van der Waals surface area contributed by atoms with Crippen molar-refractivity contribution in [3.05, 3.63) is 59.8 Å². The molecule has 21 heavy (non-hydrogen) atoms. The minimum Gasteiger partial charge on any atom is -0.467 e. The van der Waals surface area contributed by atoms with Gasteiger partial charge in [0, 0.05) is 0 Å². The van der Waals surface area contributed by atoms with Crippen LogP contribution in [-0.4, -0.2) is 17.6 Å². The van der Waals surface area contributed by atoms with E-state index in [4.69, 9.17) is 4.42 Å². The lowest BCUT2D eigenvalue weighted by Gasteiger charge is -2.26. The quantitative estimate of drug-likeness (QED) is 0.890. The van der Waals surface area contributed by atoms with Gasteiger partial charge in [0.1, 0.15) is 17.6 Å². The second-order valence-corrected chi connectivity index (χ2v) is 5.36. The van der Waals surface area contributed by atoms with Crippen LogP contribution in [0.5, 0.6) is 0 Å². The smallest absolute Gasteiger partial charge is 0.230 e. The summed E-state index contributed by atoms with van der Waals surface area (Å²) in [6, 6.07) is 8.66. The van der Waals surface area contributed by atoms with E-state index in [0.717, 1.165) is 0 Å². The molecule has 0 saturated heterocycles. The van der Waals surface area contributed by atoms with Crippen molar-refractivity contribution < 1.29 is 18.7 Å². The number of benzene rings is 1. The Morgan fingerprint density at radius 1 is 1.38 bits per heavy atom. The summed E-state index contributed by atoms with van der Waals surface area (Å²) in [7, 11) is 0. The molecule has 0 aliphatic rings. The summed E-state index contributed by atoms with van der Waals surface area (Å²) < 4.78 is 18.5. The maximum atomic E-state index is 13.3. The lowest BCUT2D eigenvalue weighted by atomic mass is 9.83. The van der Waals surface area contributed by atoms with E-state index < -0.39 is 17.3 Å². The number of hydrogen-bond donors (Lipinski definition) is 2. The monoisotopic (exact) mass is 291 g/mol. The Hall–Kier alpha value is -2.14. The van der Waals surface area contributed by atoms with Crippen LogP contribution >= 0.6 is 0 Å². The lowest BCUT2D eigenvalue weighted by Crippen LogP contribution is -2.42. The van der Waals surface area contributed by atoms with Gasteiger partial charge in [-0.05, 0) is 43.7 Å². The number of amides is 1. The van der Waals surface area contributed by atoms with Gasteiger partial charge in [0.15, 0.2) is 0 Å². The van der Waals surface area contributed by atoms with Crippen LogP contribution in [0.25, 0.3) is 0 Å². The molecule has 1 aromatic heterocycles. The number of hydrogen-bond acceptors (Lipinski definition) is 3. The summed E-state index contributed by atoms with van der Waals surface area (Å²) in [6.07, 6.45) is 1.47. The van der Waals surface area contributed by atoms with E-state index >= 15 is 0 Å². The first-order valence-electron chi connectivity index (χ1n) is 6.66. The number of rotatable bonds is 5. The van der Waals surface area contributed by atoms with Gasteiger partial charge in [-0.25, -0.2) is 4.39 Å². The molecule has 1 unspecified atom stereocenters. The average Bonchev–Trinajstić information content (AvgIpc) is 2.98. The van der Waals surface area contributed by atoms with Gasteiger partial charge in [-0.3, -0.25) is 4.79 Å². The van der Waals surface area contributed by atoms with Gasteiger partial charge in [0.05, 0.1) is 18.3 Å². The number of furan rings is 1. The van der Waals surface area contributed by atoms with Crippen LogP contribution in [-0.2, 0) is 10.2 Å². The first-order chi connectivity index (χ1) is 9.95. The lowest BCUT2D eigenvalue weighted by molar-refractivity contribution is -0.126. The number of aliphatic hydroxyl groups is 1. The highest BCUT2D eigenvalue weighted by Crippen LogP contribution is 2.25. The van der Waals surface area contributed by atoms with Crippen molar-refractivity contribution in [2.75, 3.05) is 6.61 Å². The third-order valence-corrected chi connectivity index (χ3v) is 3.49. The summed E-state index contributed by atoms with van der Waals surface area (Å²) in [5.41, 5.74) is -0.363. The zero-order chi connectivity index (χ0) is 15.5. The predicted octanol–water partition coefficient (Wildman–Crippen LogP) is 2.55. The summed E-state index contributed by atoms with van der Waals surface area (Å²) in [5, 5.41) is 12.1. The molecule has 0 bridgehead atoms. The minimum atomic E-state index is -0.928. The average molecular weight is 291 g/mol. The van der Waals surface area contributed by atoms with Crippen LogP contribution in [0.4, 0.5) is 4.39 Å². The Morgan fingerprint density at radius 3 is 2.71 bits per heavy atom. The fourth-order valence-electron chi connectivity index (χ4n) is 2.04. The largest absolute Gasteiger partial charge is 0.467 e. The molecule has 5 heteroatoms. The van der Waals surface area contributed by atoms with Crippen molar-refractivity contribution in [3.8, 4) is 0 Å². The number of halogens is 1. The molecule has 1 heterocycles. The van der Waals surface area contributed by atoms with Crippen molar-refractivity contribution in [1.29, 1.82) is 0 Å². The van der Waals surface area contributed by atoms with Gasteiger partial charge in [-0.15, -0.1) is 0 Å². The number of nitrogens with one attached hydrogen (secondary N) is 1. The van der Waals surface area contributed by atoms with Crippen molar-refractivity contribution >= 4 is 5.91 Å². The highest BCUT2D eigenvalue weighted by Gasteiger charge is 2.32. The molecule has 4 nitrogen and oxygen atoms in total. The van der Waals surface area contributed by atoms with Crippen LogP contribution in [0, 0.1) is 5.82 Å². The molecule has 1 atom stereocenters. The molecule has 0 saturated carbocycles. The SMILES string of the molecule is CC(C)(C(=O)NC(CO)c1ccco1)c1cccc(F)c1. The molecule has 1 aromatic carbocycles. The van der Waals surface area contributed by atoms with Crippen molar-refractivity contribution in [2.24, 2.45) is 0 Å². The first-order valence-corrected chi connectivity index (χ1v) is 6.66. The fraction of sp³-hybridized carbons (Fsp3) is 0.312. The summed E-state index contributed by atoms with van der Waals surface area (Å²) in [6.45, 7) is 3.12. The Morgan fingerprint density at radius 2 is 2.14 bits per heavy atom. The zero-order valence-electron chi connectivity index (χ0n) is 12.0. The topological polar surface area (TPSA) is 62.5 Å². The highest BCUT2D eigenvalue weighted by molar-refractivity contribution is 5.87. The standard InChI is InChI=1S/C16H18FNO3/c1-16(2,11-5-3-6-12(17)9-11)15(20)18-13(10-19)14-7-4-8-21-14/h3-9,13,19H,10H2,1-2H3,(H,18,20). The van der Waals surface area contributed by atoms with E-state index in [9.17, 15) is 14.3 Å². The fourth-order valence-corrected chi connectivity index (χ4v) is 2.04. The maximum Gasteiger partial charge on any atom is 0.230 e. The van der Waals surface area contributed by atoms with Gasteiger partial charge in [0.25, 0.3) is 0 Å². The molecular weight excluding hydrogens is 273 g/mol. The Bertz CT molecular complexity index is 608. The molecule has 0 aliphatic heterocycles. The molecule has 1 amide bonds. The van der Waals surface area contributed by atoms with E-state index in [2.05, 4.69) is 5.32 Å². The van der Waals surface area contributed by atoms with Crippen LogP contribution in [0.2, 0.25) is 0 Å². The zero-order valence-corrected chi connectivity index (χ0v) is 12.0. The predicted molar refractivity (Wildman–Crippen MR) is 76.1 cm³/mol. The van der Waals surface area contributed by atoms with Crippen molar-refractivity contribution in [1.82, 2.24) is 5.32 Å². The second-order valence-electron chi connectivity index (χ2n) is 5.36. The molecule has 2 N–H and O–H groups in total. The van der Waals surface area contributed by atoms with E-state index in [1.165, 1.54) is 18.4 Å². The maximum absolute atomic E-state index is 13.3. The number of carbonyl (C=O) groups is 1.